The molecule has 10 nitrogen and oxygen atoms in total. The number of ether oxygens (including phenoxy) is 1. The SMILES string of the molecule is COc1cccc(-c2nnn(Cc3nnn[n-]3)n2)c1O. The molecular formula is C10H9N8O2-. The first-order valence-electron chi connectivity index (χ1n) is 5.59. The molecule has 0 unspecified atom stereocenters. The number of hydrogen-bond acceptors (Lipinski definition) is 8. The van der Waals surface area contributed by atoms with Crippen molar-refractivity contribution < 1.29 is 9.84 Å². The highest BCUT2D eigenvalue weighted by Gasteiger charge is 2.14. The summed E-state index contributed by atoms with van der Waals surface area (Å²) in [6.07, 6.45) is 0. The van der Waals surface area contributed by atoms with Gasteiger partial charge in [-0.2, -0.15) is 10.0 Å². The molecule has 0 fully saturated rings. The molecule has 3 rings (SSSR count). The van der Waals surface area contributed by atoms with Crippen molar-refractivity contribution in [1.82, 2.24) is 40.8 Å². The van der Waals surface area contributed by atoms with E-state index in [9.17, 15) is 5.11 Å². The van der Waals surface area contributed by atoms with Crippen molar-refractivity contribution in [2.24, 2.45) is 0 Å². The van der Waals surface area contributed by atoms with Gasteiger partial charge in [-0.1, -0.05) is 6.07 Å². The minimum absolute atomic E-state index is 0.0394. The maximum Gasteiger partial charge on any atom is 0.208 e. The van der Waals surface area contributed by atoms with Crippen molar-refractivity contribution in [1.29, 1.82) is 0 Å². The number of hydrogen-bond donors (Lipinski definition) is 1. The quantitative estimate of drug-likeness (QED) is 0.652. The first kappa shape index (κ1) is 12.0. The molecule has 0 atom stereocenters. The van der Waals surface area contributed by atoms with Gasteiger partial charge in [0.15, 0.2) is 11.5 Å². The Hall–Kier alpha value is -3.04. The number of methoxy groups -OCH3 is 1. The summed E-state index contributed by atoms with van der Waals surface area (Å²) < 4.78 is 5.03. The van der Waals surface area contributed by atoms with Crippen LogP contribution in [0.3, 0.4) is 0 Å². The summed E-state index contributed by atoms with van der Waals surface area (Å²) in [6, 6.07) is 5.03. The lowest BCUT2D eigenvalue weighted by Gasteiger charge is -2.05. The highest BCUT2D eigenvalue weighted by atomic mass is 16.5. The normalized spacial score (nSPS) is 10.7. The number of aromatic hydroxyl groups is 1. The number of phenols is 1. The van der Waals surface area contributed by atoms with Gasteiger partial charge in [-0.05, 0) is 17.3 Å². The van der Waals surface area contributed by atoms with Crippen LogP contribution in [0.5, 0.6) is 11.5 Å². The van der Waals surface area contributed by atoms with Crippen LogP contribution in [0.25, 0.3) is 11.4 Å². The third-order valence-electron chi connectivity index (χ3n) is 2.56. The van der Waals surface area contributed by atoms with E-state index < -0.39 is 0 Å². The molecule has 3 aromatic rings. The van der Waals surface area contributed by atoms with Gasteiger partial charge in [0.25, 0.3) is 0 Å². The maximum absolute atomic E-state index is 10.0. The first-order valence-corrected chi connectivity index (χ1v) is 5.59. The average Bonchev–Trinajstić information content (AvgIpc) is 3.11. The Morgan fingerprint density at radius 1 is 1.35 bits per heavy atom. The highest BCUT2D eigenvalue weighted by Crippen LogP contribution is 2.34. The van der Waals surface area contributed by atoms with E-state index in [0.717, 1.165) is 0 Å². The number of benzene rings is 1. The number of phenolic OH excluding ortho intramolecular Hbond substituents is 1. The monoisotopic (exact) mass is 273 g/mol. The largest absolute Gasteiger partial charge is 0.504 e. The Labute approximate surface area is 112 Å². The molecule has 0 aliphatic carbocycles. The second-order valence-electron chi connectivity index (χ2n) is 3.80. The van der Waals surface area contributed by atoms with E-state index >= 15 is 0 Å². The first-order chi connectivity index (χ1) is 9.78. The van der Waals surface area contributed by atoms with Gasteiger partial charge in [0, 0.05) is 5.82 Å². The van der Waals surface area contributed by atoms with Crippen molar-refractivity contribution in [2.75, 3.05) is 7.11 Å². The third-order valence-corrected chi connectivity index (χ3v) is 2.56. The molecule has 0 aliphatic rings. The Kier molecular flexibility index (Phi) is 2.95. The van der Waals surface area contributed by atoms with E-state index in [1.807, 2.05) is 0 Å². The van der Waals surface area contributed by atoms with Gasteiger partial charge in [-0.3, -0.25) is 10.3 Å². The highest BCUT2D eigenvalue weighted by molar-refractivity contribution is 5.67. The van der Waals surface area contributed by atoms with Crippen LogP contribution in [0.2, 0.25) is 0 Å². The fraction of sp³-hybridized carbons (Fsp3) is 0.200. The summed E-state index contributed by atoms with van der Waals surface area (Å²) >= 11 is 0. The van der Waals surface area contributed by atoms with Crippen molar-refractivity contribution in [3.63, 3.8) is 0 Å². The minimum atomic E-state index is -0.0394. The smallest absolute Gasteiger partial charge is 0.208 e. The lowest BCUT2D eigenvalue weighted by atomic mass is 10.2. The van der Waals surface area contributed by atoms with Crippen LogP contribution < -0.4 is 9.84 Å². The average molecular weight is 273 g/mol. The van der Waals surface area contributed by atoms with E-state index in [2.05, 4.69) is 36.0 Å². The molecule has 1 N–H and O–H groups in total. The molecular weight excluding hydrogens is 264 g/mol. The molecule has 2 aromatic heterocycles. The third kappa shape index (κ3) is 2.13. The van der Waals surface area contributed by atoms with Crippen LogP contribution >= 0.6 is 0 Å². The van der Waals surface area contributed by atoms with Crippen LogP contribution in [-0.4, -0.2) is 47.9 Å². The van der Waals surface area contributed by atoms with Gasteiger partial charge in [0.05, 0.1) is 19.2 Å². The lowest BCUT2D eigenvalue weighted by molar-refractivity contribution is 0.374. The second kappa shape index (κ2) is 4.91. The zero-order chi connectivity index (χ0) is 13.9. The molecule has 10 heteroatoms. The molecule has 0 saturated carbocycles. The molecule has 0 radical (unpaired) electrons. The molecule has 20 heavy (non-hydrogen) atoms. The van der Waals surface area contributed by atoms with Crippen LogP contribution in [0.4, 0.5) is 0 Å². The van der Waals surface area contributed by atoms with Crippen LogP contribution in [0.1, 0.15) is 5.82 Å². The zero-order valence-electron chi connectivity index (χ0n) is 10.4. The van der Waals surface area contributed by atoms with Gasteiger partial charge in [-0.25, -0.2) is 0 Å². The maximum atomic E-state index is 10.0. The second-order valence-corrected chi connectivity index (χ2v) is 3.80. The predicted molar refractivity (Wildman–Crippen MR) is 63.7 cm³/mol. The Morgan fingerprint density at radius 2 is 2.25 bits per heavy atom. The van der Waals surface area contributed by atoms with Crippen molar-refractivity contribution >= 4 is 0 Å². The molecule has 0 aliphatic heterocycles. The fourth-order valence-electron chi connectivity index (χ4n) is 1.64. The van der Waals surface area contributed by atoms with Gasteiger partial charge in [0.2, 0.25) is 5.82 Å². The summed E-state index contributed by atoms with van der Waals surface area (Å²) in [7, 11) is 1.47. The van der Waals surface area contributed by atoms with Crippen LogP contribution in [0.15, 0.2) is 18.2 Å². The van der Waals surface area contributed by atoms with Gasteiger partial charge < -0.3 is 14.9 Å². The van der Waals surface area contributed by atoms with Crippen LogP contribution in [0, 0.1) is 0 Å². The van der Waals surface area contributed by atoms with E-state index in [1.54, 1.807) is 18.2 Å². The number of aromatic nitrogens is 8. The van der Waals surface area contributed by atoms with Crippen molar-refractivity contribution in [3.8, 4) is 22.9 Å². The number of para-hydroxylation sites is 1. The zero-order valence-corrected chi connectivity index (χ0v) is 10.4. The summed E-state index contributed by atoms with van der Waals surface area (Å²) in [5, 5.41) is 35.9. The molecule has 0 bridgehead atoms. The molecule has 1 aromatic carbocycles. The summed E-state index contributed by atoms with van der Waals surface area (Å²) in [4.78, 5) is 1.28. The molecule has 102 valence electrons. The van der Waals surface area contributed by atoms with Gasteiger partial charge in [-0.15, -0.1) is 10.2 Å². The van der Waals surface area contributed by atoms with E-state index in [4.69, 9.17) is 4.74 Å². The molecule has 0 amide bonds. The fourth-order valence-corrected chi connectivity index (χ4v) is 1.64. The van der Waals surface area contributed by atoms with Crippen molar-refractivity contribution in [3.05, 3.63) is 24.0 Å². The number of tetrazole rings is 2. The van der Waals surface area contributed by atoms with Crippen molar-refractivity contribution in [2.45, 2.75) is 6.54 Å². The van der Waals surface area contributed by atoms with Gasteiger partial charge in [0.1, 0.15) is 0 Å². The summed E-state index contributed by atoms with van der Waals surface area (Å²) in [6.45, 7) is 0.199. The summed E-state index contributed by atoms with van der Waals surface area (Å²) in [5.74, 6) is 0.951. The van der Waals surface area contributed by atoms with E-state index in [-0.39, 0.29) is 18.1 Å². The molecule has 0 spiro atoms. The van der Waals surface area contributed by atoms with E-state index in [1.165, 1.54) is 11.9 Å². The number of nitrogens with zero attached hydrogens (tertiary/aromatic N) is 8. The topological polar surface area (TPSA) is 126 Å². The molecule has 2 heterocycles. The Balaban J connectivity index is 1.90. The van der Waals surface area contributed by atoms with Crippen LogP contribution in [-0.2, 0) is 6.54 Å². The lowest BCUT2D eigenvalue weighted by Crippen LogP contribution is -2.06. The number of rotatable bonds is 4. The Morgan fingerprint density at radius 3 is 3.00 bits per heavy atom. The standard InChI is InChI=1S/C10H9N8O2/c1-20-7-4-2-3-6(9(7)19)10-13-17-18(14-10)5-8-11-15-16-12-8/h2-4H,5H2,1H3,(H-,11,12,14,15,16,19)/q-1. The molecule has 0 saturated heterocycles. The summed E-state index contributed by atoms with van der Waals surface area (Å²) in [5.41, 5.74) is 0.426. The van der Waals surface area contributed by atoms with E-state index in [0.29, 0.717) is 17.1 Å². The van der Waals surface area contributed by atoms with Gasteiger partial charge >= 0.3 is 0 Å². The minimum Gasteiger partial charge on any atom is -0.504 e. The predicted octanol–water partition coefficient (Wildman–Crippen LogP) is -0.755. The Bertz CT molecular complexity index is 708.